The number of nitrogens with one attached hydrogen (secondary N) is 1. The SMILES string of the molecule is CC(=O)Nc1ccc(C=O)cc1.CC(=O)O.NC1CCCCC1. The zero-order valence-corrected chi connectivity index (χ0v) is 13.7. The van der Waals surface area contributed by atoms with E-state index < -0.39 is 5.97 Å². The summed E-state index contributed by atoms with van der Waals surface area (Å²) in [5.74, 6) is -0.950. The van der Waals surface area contributed by atoms with E-state index >= 15 is 0 Å². The molecule has 1 aliphatic carbocycles. The summed E-state index contributed by atoms with van der Waals surface area (Å²) in [4.78, 5) is 29.8. The topological polar surface area (TPSA) is 109 Å². The summed E-state index contributed by atoms with van der Waals surface area (Å²) in [5, 5.41) is 10.0. The van der Waals surface area contributed by atoms with Crippen molar-refractivity contribution in [2.45, 2.75) is 52.0 Å². The highest BCUT2D eigenvalue weighted by Crippen LogP contribution is 2.14. The van der Waals surface area contributed by atoms with E-state index in [1.165, 1.54) is 39.0 Å². The van der Waals surface area contributed by atoms with Gasteiger partial charge in [-0.3, -0.25) is 14.4 Å². The van der Waals surface area contributed by atoms with Crippen molar-refractivity contribution in [2.24, 2.45) is 5.73 Å². The van der Waals surface area contributed by atoms with E-state index in [2.05, 4.69) is 5.32 Å². The van der Waals surface area contributed by atoms with Crippen LogP contribution in [0.15, 0.2) is 24.3 Å². The molecule has 0 atom stereocenters. The van der Waals surface area contributed by atoms with Crippen molar-refractivity contribution in [1.29, 1.82) is 0 Å². The number of amides is 1. The van der Waals surface area contributed by atoms with Crippen LogP contribution < -0.4 is 11.1 Å². The Hall–Kier alpha value is -2.21. The summed E-state index contributed by atoms with van der Waals surface area (Å²) < 4.78 is 0. The predicted octanol–water partition coefficient (Wildman–Crippen LogP) is 2.83. The Morgan fingerprint density at radius 2 is 1.61 bits per heavy atom. The number of hydrogen-bond acceptors (Lipinski definition) is 4. The van der Waals surface area contributed by atoms with E-state index in [4.69, 9.17) is 15.6 Å². The summed E-state index contributed by atoms with van der Waals surface area (Å²) in [6.07, 6.45) is 7.42. The number of hydrogen-bond donors (Lipinski definition) is 3. The van der Waals surface area contributed by atoms with Gasteiger partial charge < -0.3 is 16.2 Å². The lowest BCUT2D eigenvalue weighted by Gasteiger charge is -2.15. The van der Waals surface area contributed by atoms with Crippen molar-refractivity contribution in [2.75, 3.05) is 5.32 Å². The van der Waals surface area contributed by atoms with Crippen molar-refractivity contribution in [3.63, 3.8) is 0 Å². The molecule has 1 aliphatic rings. The van der Waals surface area contributed by atoms with Gasteiger partial charge in [0.15, 0.2) is 0 Å². The number of anilines is 1. The number of benzene rings is 1. The number of aliphatic carboxylic acids is 1. The average Bonchev–Trinajstić information content (AvgIpc) is 2.48. The van der Waals surface area contributed by atoms with Gasteiger partial charge in [-0.1, -0.05) is 19.3 Å². The van der Waals surface area contributed by atoms with Crippen LogP contribution in [0.25, 0.3) is 0 Å². The molecule has 0 saturated heterocycles. The van der Waals surface area contributed by atoms with Gasteiger partial charge in [0.2, 0.25) is 5.91 Å². The van der Waals surface area contributed by atoms with Crippen molar-refractivity contribution >= 4 is 23.9 Å². The molecule has 4 N–H and O–H groups in total. The molecule has 1 aromatic rings. The van der Waals surface area contributed by atoms with E-state index in [0.29, 0.717) is 17.3 Å². The minimum absolute atomic E-state index is 0.117. The highest BCUT2D eigenvalue weighted by atomic mass is 16.4. The molecule has 1 saturated carbocycles. The number of carboxylic acids is 1. The first-order valence-electron chi connectivity index (χ1n) is 7.63. The van der Waals surface area contributed by atoms with Crippen LogP contribution in [0.1, 0.15) is 56.3 Å². The van der Waals surface area contributed by atoms with Crippen molar-refractivity contribution in [3.8, 4) is 0 Å². The highest BCUT2D eigenvalue weighted by molar-refractivity contribution is 5.89. The zero-order chi connectivity index (χ0) is 17.7. The lowest BCUT2D eigenvalue weighted by Crippen LogP contribution is -2.22. The van der Waals surface area contributed by atoms with E-state index in [-0.39, 0.29) is 5.91 Å². The number of aldehydes is 1. The molecule has 6 heteroatoms. The van der Waals surface area contributed by atoms with Crippen molar-refractivity contribution in [1.82, 2.24) is 0 Å². The first kappa shape index (κ1) is 20.8. The maximum atomic E-state index is 10.6. The Morgan fingerprint density at radius 3 is 1.91 bits per heavy atom. The smallest absolute Gasteiger partial charge is 0.300 e. The Balaban J connectivity index is 0.000000371. The van der Waals surface area contributed by atoms with Crippen LogP contribution in [0.2, 0.25) is 0 Å². The molecule has 1 amide bonds. The number of carbonyl (C=O) groups excluding carboxylic acids is 2. The maximum Gasteiger partial charge on any atom is 0.300 e. The molecular weight excluding hydrogens is 296 g/mol. The molecule has 0 aliphatic heterocycles. The minimum Gasteiger partial charge on any atom is -0.481 e. The van der Waals surface area contributed by atoms with Gasteiger partial charge in [0.1, 0.15) is 6.29 Å². The minimum atomic E-state index is -0.833. The molecule has 23 heavy (non-hydrogen) atoms. The molecule has 6 nitrogen and oxygen atoms in total. The molecule has 0 unspecified atom stereocenters. The molecule has 0 bridgehead atoms. The van der Waals surface area contributed by atoms with Crippen LogP contribution in [0.5, 0.6) is 0 Å². The quantitative estimate of drug-likeness (QED) is 0.725. The third-order valence-corrected chi connectivity index (χ3v) is 3.02. The van der Waals surface area contributed by atoms with Crippen LogP contribution in [0, 0.1) is 0 Å². The van der Waals surface area contributed by atoms with Crippen LogP contribution >= 0.6 is 0 Å². The largest absolute Gasteiger partial charge is 0.481 e. The van der Waals surface area contributed by atoms with E-state index in [1.54, 1.807) is 24.3 Å². The number of carboxylic acid groups (broad SMARTS) is 1. The predicted molar refractivity (Wildman–Crippen MR) is 90.5 cm³/mol. The molecular formula is C17H26N2O4. The standard InChI is InChI=1S/C9H9NO2.C6H13N.C2H4O2/c1-7(12)10-9-4-2-8(6-11)3-5-9;7-6-4-2-1-3-5-6;1-2(3)4/h2-6H,1H3,(H,10,12);6H,1-5,7H2;1H3,(H,3,4). The number of rotatable bonds is 2. The third kappa shape index (κ3) is 13.2. The second-order valence-corrected chi connectivity index (χ2v) is 5.34. The van der Waals surface area contributed by atoms with E-state index in [1.807, 2.05) is 0 Å². The molecule has 0 radical (unpaired) electrons. The Bertz CT molecular complexity index is 476. The molecule has 0 spiro atoms. The van der Waals surface area contributed by atoms with E-state index in [9.17, 15) is 9.59 Å². The van der Waals surface area contributed by atoms with Gasteiger partial charge in [-0.25, -0.2) is 0 Å². The van der Waals surface area contributed by atoms with Gasteiger partial charge in [0, 0.05) is 31.1 Å². The monoisotopic (exact) mass is 322 g/mol. The van der Waals surface area contributed by atoms with E-state index in [0.717, 1.165) is 13.2 Å². The number of carbonyl (C=O) groups is 3. The van der Waals surface area contributed by atoms with Gasteiger partial charge in [0.05, 0.1) is 0 Å². The lowest BCUT2D eigenvalue weighted by molar-refractivity contribution is -0.134. The molecule has 2 rings (SSSR count). The fraction of sp³-hybridized carbons (Fsp3) is 0.471. The molecule has 128 valence electrons. The van der Waals surface area contributed by atoms with Gasteiger partial charge in [-0.05, 0) is 37.1 Å². The van der Waals surface area contributed by atoms with Crippen LogP contribution in [0.3, 0.4) is 0 Å². The molecule has 1 fully saturated rings. The molecule has 1 aromatic carbocycles. The van der Waals surface area contributed by atoms with Crippen LogP contribution in [-0.4, -0.2) is 29.3 Å². The summed E-state index contributed by atoms with van der Waals surface area (Å²) >= 11 is 0. The fourth-order valence-corrected chi connectivity index (χ4v) is 1.98. The fourth-order valence-electron chi connectivity index (χ4n) is 1.98. The normalized spacial score (nSPS) is 13.5. The first-order valence-corrected chi connectivity index (χ1v) is 7.63. The zero-order valence-electron chi connectivity index (χ0n) is 13.7. The maximum absolute atomic E-state index is 10.6. The van der Waals surface area contributed by atoms with Gasteiger partial charge in [-0.2, -0.15) is 0 Å². The lowest BCUT2D eigenvalue weighted by atomic mass is 9.97. The van der Waals surface area contributed by atoms with Crippen LogP contribution in [-0.2, 0) is 9.59 Å². The van der Waals surface area contributed by atoms with Crippen LogP contribution in [0.4, 0.5) is 5.69 Å². The second-order valence-electron chi connectivity index (χ2n) is 5.34. The first-order chi connectivity index (χ1) is 10.8. The van der Waals surface area contributed by atoms with Gasteiger partial charge in [-0.15, -0.1) is 0 Å². The number of nitrogens with two attached hydrogens (primary N) is 1. The van der Waals surface area contributed by atoms with Gasteiger partial charge >= 0.3 is 0 Å². The second kappa shape index (κ2) is 12.3. The summed E-state index contributed by atoms with van der Waals surface area (Å²) in [6.45, 7) is 2.52. The Kier molecular flexibility index (Phi) is 11.2. The van der Waals surface area contributed by atoms with Crippen molar-refractivity contribution in [3.05, 3.63) is 29.8 Å². The third-order valence-electron chi connectivity index (χ3n) is 3.02. The Labute approximate surface area is 137 Å². The van der Waals surface area contributed by atoms with Crippen molar-refractivity contribution < 1.29 is 19.5 Å². The molecule has 0 heterocycles. The molecule has 0 aromatic heterocycles. The highest BCUT2D eigenvalue weighted by Gasteiger charge is 2.06. The summed E-state index contributed by atoms with van der Waals surface area (Å²) in [7, 11) is 0. The summed E-state index contributed by atoms with van der Waals surface area (Å²) in [5.41, 5.74) is 6.94. The summed E-state index contributed by atoms with van der Waals surface area (Å²) in [6, 6.07) is 7.21. The average molecular weight is 322 g/mol. The Morgan fingerprint density at radius 1 is 1.13 bits per heavy atom. The van der Waals surface area contributed by atoms with Gasteiger partial charge in [0.25, 0.3) is 5.97 Å².